The van der Waals surface area contributed by atoms with E-state index in [0.717, 1.165) is 12.1 Å². The van der Waals surface area contributed by atoms with Crippen LogP contribution in [0.15, 0.2) is 54.6 Å². The van der Waals surface area contributed by atoms with Crippen LogP contribution in [0, 0.1) is 23.3 Å². The van der Waals surface area contributed by atoms with Gasteiger partial charge in [-0.1, -0.05) is 18.2 Å². The second-order valence-corrected chi connectivity index (χ2v) is 5.52. The molecule has 5 nitrogen and oxygen atoms in total. The summed E-state index contributed by atoms with van der Waals surface area (Å²) in [6.07, 6.45) is 0. The zero-order valence-corrected chi connectivity index (χ0v) is 14.0. The number of para-hydroxylation sites is 1. The molecule has 0 atom stereocenters. The molecule has 1 heterocycles. The molecule has 9 heteroatoms. The number of amides is 2. The number of hydrogen-bond acceptors (Lipinski definition) is 3. The number of hydrogen-bond donors (Lipinski definition) is 2. The van der Waals surface area contributed by atoms with Crippen LogP contribution in [0.3, 0.4) is 0 Å². The first kappa shape index (κ1) is 19.0. The Hall–Kier alpha value is -3.75. The number of anilines is 2. The van der Waals surface area contributed by atoms with Crippen LogP contribution in [-0.4, -0.2) is 16.8 Å². The van der Waals surface area contributed by atoms with E-state index in [9.17, 15) is 27.2 Å². The molecule has 0 saturated carbocycles. The zero-order chi connectivity index (χ0) is 20.3. The van der Waals surface area contributed by atoms with Gasteiger partial charge in [-0.05, 0) is 36.4 Å². The van der Waals surface area contributed by atoms with E-state index in [4.69, 9.17) is 0 Å². The highest BCUT2D eigenvalue weighted by molar-refractivity contribution is 6.06. The van der Waals surface area contributed by atoms with Gasteiger partial charge in [0.05, 0.1) is 11.4 Å². The number of benzene rings is 2. The smallest absolute Gasteiger partial charge is 0.274 e. The molecule has 0 unspecified atom stereocenters. The van der Waals surface area contributed by atoms with Crippen molar-refractivity contribution in [2.45, 2.75) is 0 Å². The van der Waals surface area contributed by atoms with E-state index in [1.54, 1.807) is 0 Å². The van der Waals surface area contributed by atoms with Gasteiger partial charge in [0.1, 0.15) is 17.2 Å². The van der Waals surface area contributed by atoms with Crippen LogP contribution >= 0.6 is 0 Å². The highest BCUT2D eigenvalue weighted by Crippen LogP contribution is 2.20. The van der Waals surface area contributed by atoms with Crippen molar-refractivity contribution in [1.29, 1.82) is 0 Å². The van der Waals surface area contributed by atoms with Crippen molar-refractivity contribution in [3.63, 3.8) is 0 Å². The average Bonchev–Trinajstić information content (AvgIpc) is 2.70. The predicted molar refractivity (Wildman–Crippen MR) is 92.9 cm³/mol. The summed E-state index contributed by atoms with van der Waals surface area (Å²) in [7, 11) is 0. The SMILES string of the molecule is O=C(Nc1ccccc1F)c1cccc(C(=O)Nc2ccc(F)c(F)c2F)n1. The fourth-order valence-corrected chi connectivity index (χ4v) is 2.25. The Morgan fingerprint density at radius 2 is 1.25 bits per heavy atom. The van der Waals surface area contributed by atoms with E-state index in [2.05, 4.69) is 10.3 Å². The minimum absolute atomic E-state index is 0.0759. The summed E-state index contributed by atoms with van der Waals surface area (Å²) in [5, 5.41) is 4.35. The van der Waals surface area contributed by atoms with E-state index >= 15 is 0 Å². The molecule has 0 aliphatic carbocycles. The van der Waals surface area contributed by atoms with Crippen molar-refractivity contribution < 1.29 is 27.2 Å². The minimum atomic E-state index is -1.73. The van der Waals surface area contributed by atoms with Gasteiger partial charge in [-0.25, -0.2) is 22.5 Å². The number of pyridine rings is 1. The molecule has 2 amide bonds. The second-order valence-electron chi connectivity index (χ2n) is 5.52. The Labute approximate surface area is 156 Å². The van der Waals surface area contributed by atoms with Crippen LogP contribution in [0.5, 0.6) is 0 Å². The van der Waals surface area contributed by atoms with Crippen molar-refractivity contribution in [3.8, 4) is 0 Å². The van der Waals surface area contributed by atoms with E-state index < -0.39 is 40.8 Å². The first-order valence-electron chi connectivity index (χ1n) is 7.84. The van der Waals surface area contributed by atoms with Crippen molar-refractivity contribution in [1.82, 2.24) is 4.98 Å². The van der Waals surface area contributed by atoms with Crippen LogP contribution < -0.4 is 10.6 Å². The first-order valence-corrected chi connectivity index (χ1v) is 7.84. The van der Waals surface area contributed by atoms with Gasteiger partial charge in [-0.3, -0.25) is 9.59 Å². The quantitative estimate of drug-likeness (QED) is 0.520. The molecule has 0 spiro atoms. The molecule has 0 fully saturated rings. The fraction of sp³-hybridized carbons (Fsp3) is 0. The summed E-state index contributed by atoms with van der Waals surface area (Å²) in [5.41, 5.74) is -1.16. The molecule has 2 aromatic carbocycles. The minimum Gasteiger partial charge on any atom is -0.318 e. The summed E-state index contributed by atoms with van der Waals surface area (Å²) in [6, 6.07) is 10.8. The van der Waals surface area contributed by atoms with Crippen LogP contribution in [0.2, 0.25) is 0 Å². The van der Waals surface area contributed by atoms with Crippen molar-refractivity contribution >= 4 is 23.2 Å². The Kier molecular flexibility index (Phi) is 5.35. The van der Waals surface area contributed by atoms with Crippen LogP contribution in [0.4, 0.5) is 28.9 Å². The molecule has 1 aromatic heterocycles. The second kappa shape index (κ2) is 7.87. The molecule has 2 N–H and O–H groups in total. The molecule has 28 heavy (non-hydrogen) atoms. The number of nitrogens with zero attached hydrogens (tertiary/aromatic N) is 1. The lowest BCUT2D eigenvalue weighted by Gasteiger charge is -2.09. The van der Waals surface area contributed by atoms with Crippen molar-refractivity contribution in [2.24, 2.45) is 0 Å². The number of carbonyl (C=O) groups is 2. The van der Waals surface area contributed by atoms with Gasteiger partial charge in [0, 0.05) is 0 Å². The monoisotopic (exact) mass is 389 g/mol. The lowest BCUT2D eigenvalue weighted by molar-refractivity contribution is 0.101. The van der Waals surface area contributed by atoms with Gasteiger partial charge in [0.15, 0.2) is 17.5 Å². The molecular formula is C19H11F4N3O2. The number of rotatable bonds is 4. The summed E-state index contributed by atoms with van der Waals surface area (Å²) < 4.78 is 53.5. The maximum Gasteiger partial charge on any atom is 0.274 e. The molecule has 3 aromatic rings. The molecule has 0 saturated heterocycles. The first-order chi connectivity index (χ1) is 13.4. The Morgan fingerprint density at radius 1 is 0.643 bits per heavy atom. The molecular weight excluding hydrogens is 378 g/mol. The largest absolute Gasteiger partial charge is 0.318 e. The lowest BCUT2D eigenvalue weighted by Crippen LogP contribution is -2.19. The number of aromatic nitrogens is 1. The maximum atomic E-state index is 13.7. The van der Waals surface area contributed by atoms with Crippen molar-refractivity contribution in [2.75, 3.05) is 10.6 Å². The third-order valence-corrected chi connectivity index (χ3v) is 3.62. The third kappa shape index (κ3) is 3.98. The predicted octanol–water partition coefficient (Wildman–Crippen LogP) is 4.14. The number of carbonyl (C=O) groups excluding carboxylic acids is 2. The van der Waals surface area contributed by atoms with Gasteiger partial charge >= 0.3 is 0 Å². The molecule has 0 bridgehead atoms. The summed E-state index contributed by atoms with van der Waals surface area (Å²) in [5.74, 6) is -7.09. The van der Waals surface area contributed by atoms with Crippen LogP contribution in [0.25, 0.3) is 0 Å². The van der Waals surface area contributed by atoms with Gasteiger partial charge in [0.2, 0.25) is 0 Å². The summed E-state index contributed by atoms with van der Waals surface area (Å²) in [6.45, 7) is 0. The highest BCUT2D eigenvalue weighted by atomic mass is 19.2. The Balaban J connectivity index is 1.79. The average molecular weight is 389 g/mol. The van der Waals surface area contributed by atoms with Gasteiger partial charge in [-0.2, -0.15) is 0 Å². The Morgan fingerprint density at radius 3 is 1.89 bits per heavy atom. The standard InChI is InChI=1S/C19H11F4N3O2/c20-10-4-1-2-5-12(10)25-18(27)14-6-3-7-15(24-14)19(28)26-13-9-8-11(21)16(22)17(13)23/h1-9H,(H,25,27)(H,26,28). The van der Waals surface area contributed by atoms with E-state index in [-0.39, 0.29) is 17.1 Å². The number of halogens is 4. The van der Waals surface area contributed by atoms with Gasteiger partial charge in [0.25, 0.3) is 11.8 Å². The highest BCUT2D eigenvalue weighted by Gasteiger charge is 2.18. The lowest BCUT2D eigenvalue weighted by atomic mass is 10.2. The summed E-state index contributed by atoms with van der Waals surface area (Å²) >= 11 is 0. The normalized spacial score (nSPS) is 10.4. The summed E-state index contributed by atoms with van der Waals surface area (Å²) in [4.78, 5) is 28.2. The number of nitrogens with one attached hydrogen (secondary N) is 2. The van der Waals surface area contributed by atoms with Gasteiger partial charge in [-0.15, -0.1) is 0 Å². The van der Waals surface area contributed by atoms with Crippen LogP contribution in [0.1, 0.15) is 21.0 Å². The zero-order valence-electron chi connectivity index (χ0n) is 14.0. The van der Waals surface area contributed by atoms with Crippen molar-refractivity contribution in [3.05, 3.63) is 89.3 Å². The van der Waals surface area contributed by atoms with E-state index in [1.807, 2.05) is 5.32 Å². The molecule has 0 radical (unpaired) electrons. The fourth-order valence-electron chi connectivity index (χ4n) is 2.25. The topological polar surface area (TPSA) is 71.1 Å². The van der Waals surface area contributed by atoms with E-state index in [1.165, 1.54) is 36.4 Å². The van der Waals surface area contributed by atoms with Gasteiger partial charge < -0.3 is 10.6 Å². The van der Waals surface area contributed by atoms with E-state index in [0.29, 0.717) is 6.07 Å². The molecule has 0 aliphatic heterocycles. The maximum absolute atomic E-state index is 13.7. The molecule has 3 rings (SSSR count). The van der Waals surface area contributed by atoms with Crippen LogP contribution in [-0.2, 0) is 0 Å². The third-order valence-electron chi connectivity index (χ3n) is 3.62. The molecule has 0 aliphatic rings. The molecule has 142 valence electrons. The Bertz CT molecular complexity index is 1070.